The van der Waals surface area contributed by atoms with Crippen molar-refractivity contribution in [2.75, 3.05) is 9.80 Å². The van der Waals surface area contributed by atoms with Gasteiger partial charge in [-0.1, -0.05) is 189 Å². The molecule has 0 heterocycles. The summed E-state index contributed by atoms with van der Waals surface area (Å²) in [6, 6.07) is 72.7. The molecule has 0 bridgehead atoms. The summed E-state index contributed by atoms with van der Waals surface area (Å²) in [6.07, 6.45) is 0. The van der Waals surface area contributed by atoms with Gasteiger partial charge in [-0.05, 0) is 143 Å². The normalized spacial score (nSPS) is 16.0. The van der Waals surface area contributed by atoms with Gasteiger partial charge in [-0.15, -0.1) is 0 Å². The lowest BCUT2D eigenvalue weighted by Gasteiger charge is -2.48. The fraction of sp³-hybridized carbons (Fsp3) is 0.194. The van der Waals surface area contributed by atoms with Gasteiger partial charge in [0.1, 0.15) is 0 Å². The summed E-state index contributed by atoms with van der Waals surface area (Å²) in [6.45, 7) is 19.3. The number of hydrogen-bond donors (Lipinski definition) is 0. The van der Waals surface area contributed by atoms with E-state index in [1.807, 2.05) is 0 Å². The van der Waals surface area contributed by atoms with Crippen LogP contribution in [0.15, 0.2) is 194 Å². The third-order valence-corrected chi connectivity index (χ3v) is 16.1. The van der Waals surface area contributed by atoms with Crippen LogP contribution in [0.1, 0.15) is 77.6 Å². The van der Waals surface area contributed by atoms with Crippen LogP contribution in [0.5, 0.6) is 0 Å². The highest BCUT2D eigenvalue weighted by atomic mass is 15.2. The highest BCUT2D eigenvalue weighted by molar-refractivity contribution is 6.16. The van der Waals surface area contributed by atoms with Gasteiger partial charge in [-0.2, -0.15) is 0 Å². The molecule has 11 rings (SSSR count). The molecule has 0 spiro atoms. The largest absolute Gasteiger partial charge is 0.310 e. The average molecular weight is 829 g/mol. The number of fused-ring (bicyclic) bond motifs is 9. The van der Waals surface area contributed by atoms with Gasteiger partial charge in [0, 0.05) is 33.8 Å². The lowest BCUT2D eigenvalue weighted by atomic mass is 9.55. The van der Waals surface area contributed by atoms with Crippen LogP contribution in [-0.4, -0.2) is 0 Å². The van der Waals surface area contributed by atoms with Gasteiger partial charge in [-0.25, -0.2) is 0 Å². The summed E-state index contributed by atoms with van der Waals surface area (Å²) in [4.78, 5) is 4.97. The third kappa shape index (κ3) is 5.78. The zero-order valence-corrected chi connectivity index (χ0v) is 38.4. The van der Waals surface area contributed by atoms with Crippen molar-refractivity contribution in [1.29, 1.82) is 0 Å². The first-order chi connectivity index (χ1) is 30.8. The van der Waals surface area contributed by atoms with Crippen molar-refractivity contribution in [3.63, 3.8) is 0 Å². The van der Waals surface area contributed by atoms with Gasteiger partial charge >= 0.3 is 0 Å². The van der Waals surface area contributed by atoms with Gasteiger partial charge in [0.15, 0.2) is 0 Å². The maximum absolute atomic E-state index is 2.50. The Morgan fingerprint density at radius 3 is 1.25 bits per heavy atom. The van der Waals surface area contributed by atoms with E-state index in [-0.39, 0.29) is 21.7 Å². The van der Waals surface area contributed by atoms with Crippen LogP contribution in [0.2, 0.25) is 0 Å². The number of benzene rings is 9. The summed E-state index contributed by atoms with van der Waals surface area (Å²) in [7, 11) is 0. The zero-order chi connectivity index (χ0) is 44.2. The van der Waals surface area contributed by atoms with Crippen molar-refractivity contribution in [2.24, 2.45) is 0 Å². The molecule has 0 fully saturated rings. The molecule has 2 heteroatoms. The van der Waals surface area contributed by atoms with Crippen molar-refractivity contribution in [1.82, 2.24) is 0 Å². The molecule has 0 radical (unpaired) electrons. The van der Waals surface area contributed by atoms with Gasteiger partial charge in [0.2, 0.25) is 0 Å². The summed E-state index contributed by atoms with van der Waals surface area (Å²) in [5, 5.41) is 4.86. The number of rotatable bonds is 6. The average Bonchev–Trinajstić information content (AvgIpc) is 3.31. The lowest BCUT2D eigenvalue weighted by Crippen LogP contribution is -2.43. The Labute approximate surface area is 379 Å². The molecule has 2 nitrogen and oxygen atoms in total. The third-order valence-electron chi connectivity index (χ3n) is 16.1. The molecule has 9 aromatic rings. The molecule has 0 unspecified atom stereocenters. The Hall–Kier alpha value is -6.90. The SMILES string of the molecule is CC1(C)c2ccccc2-c2cc(N(c3ccccc3)c3cc(N(c4ccccc4)c4ccc5c(c4)-c4ccccc4C(C)(C)C5(C)C)c4c(ccc5ccccc54)c3)ccc2C1(C)C. The van der Waals surface area contributed by atoms with Crippen LogP contribution >= 0.6 is 0 Å². The first-order valence-electron chi connectivity index (χ1n) is 22.9. The van der Waals surface area contributed by atoms with Crippen molar-refractivity contribution >= 4 is 55.7 Å². The van der Waals surface area contributed by atoms with E-state index in [1.165, 1.54) is 66.1 Å². The molecule has 64 heavy (non-hydrogen) atoms. The van der Waals surface area contributed by atoms with Gasteiger partial charge in [0.05, 0.1) is 5.69 Å². The molecule has 2 aliphatic carbocycles. The first-order valence-corrected chi connectivity index (χ1v) is 22.9. The number of hydrogen-bond acceptors (Lipinski definition) is 2. The summed E-state index contributed by atoms with van der Waals surface area (Å²) in [5.41, 5.74) is 17.2. The fourth-order valence-corrected chi connectivity index (χ4v) is 11.2. The Bertz CT molecular complexity index is 3280. The topological polar surface area (TPSA) is 6.48 Å². The predicted molar refractivity (Wildman–Crippen MR) is 274 cm³/mol. The van der Waals surface area contributed by atoms with Gasteiger partial charge in [-0.3, -0.25) is 0 Å². The second-order valence-electron chi connectivity index (χ2n) is 20.2. The van der Waals surface area contributed by atoms with Crippen LogP contribution in [0.3, 0.4) is 0 Å². The quantitative estimate of drug-likeness (QED) is 0.154. The second-order valence-corrected chi connectivity index (χ2v) is 20.2. The zero-order valence-electron chi connectivity index (χ0n) is 38.4. The van der Waals surface area contributed by atoms with E-state index in [0.29, 0.717) is 0 Å². The standard InChI is InChI=1S/C62H56N2/c1-59(2)53-29-19-17-27-49(53)51-38-45(33-35-55(51)61(59,5)6)63(43-22-11-9-12-23-43)47-37-42-32-31-41-21-15-16-26-48(41)58(42)57(40-47)64(44-24-13-10-14-25-44)46-34-36-56-52(39-46)50-28-18-20-30-54(50)60(3,4)62(56,7)8/h9-40H,1-8H3. The van der Waals surface area contributed by atoms with Crippen LogP contribution in [0, 0.1) is 0 Å². The molecule has 0 aliphatic heterocycles. The molecule has 2 aliphatic rings. The number of para-hydroxylation sites is 2. The molecule has 0 atom stereocenters. The van der Waals surface area contributed by atoms with Crippen LogP contribution in [0.4, 0.5) is 34.1 Å². The van der Waals surface area contributed by atoms with E-state index in [2.05, 4.69) is 259 Å². The molecule has 0 saturated heterocycles. The van der Waals surface area contributed by atoms with Crippen molar-refractivity contribution in [3.05, 3.63) is 216 Å². The summed E-state index contributed by atoms with van der Waals surface area (Å²) < 4.78 is 0. The maximum atomic E-state index is 2.50. The van der Waals surface area contributed by atoms with E-state index in [1.54, 1.807) is 0 Å². The molecule has 0 N–H and O–H groups in total. The van der Waals surface area contributed by atoms with E-state index in [0.717, 1.165) is 34.1 Å². The molecular weight excluding hydrogens is 773 g/mol. The molecule has 314 valence electrons. The van der Waals surface area contributed by atoms with E-state index in [9.17, 15) is 0 Å². The minimum absolute atomic E-state index is 0.0428. The van der Waals surface area contributed by atoms with E-state index < -0.39 is 0 Å². The fourth-order valence-electron chi connectivity index (χ4n) is 11.2. The minimum Gasteiger partial charge on any atom is -0.310 e. The van der Waals surface area contributed by atoms with Crippen molar-refractivity contribution < 1.29 is 0 Å². The maximum Gasteiger partial charge on any atom is 0.0567 e. The number of anilines is 6. The van der Waals surface area contributed by atoms with Crippen LogP contribution in [-0.2, 0) is 21.7 Å². The highest BCUT2D eigenvalue weighted by Crippen LogP contribution is 2.57. The Morgan fingerprint density at radius 2 is 0.703 bits per heavy atom. The second kappa shape index (κ2) is 14.3. The number of nitrogens with zero attached hydrogens (tertiary/aromatic N) is 2. The van der Waals surface area contributed by atoms with Gasteiger partial charge in [0.25, 0.3) is 0 Å². The molecular formula is C62H56N2. The lowest BCUT2D eigenvalue weighted by molar-refractivity contribution is 0.299. The molecule has 9 aromatic carbocycles. The molecule has 0 amide bonds. The minimum atomic E-state index is -0.0911. The molecule has 0 saturated carbocycles. The molecule has 0 aromatic heterocycles. The summed E-state index contributed by atoms with van der Waals surface area (Å²) >= 11 is 0. The van der Waals surface area contributed by atoms with Crippen LogP contribution < -0.4 is 9.80 Å². The van der Waals surface area contributed by atoms with Crippen molar-refractivity contribution in [2.45, 2.75) is 77.0 Å². The smallest absolute Gasteiger partial charge is 0.0567 e. The first kappa shape index (κ1) is 39.9. The Balaban J connectivity index is 1.20. The highest BCUT2D eigenvalue weighted by Gasteiger charge is 2.47. The Morgan fingerprint density at radius 1 is 0.281 bits per heavy atom. The van der Waals surface area contributed by atoms with E-state index >= 15 is 0 Å². The van der Waals surface area contributed by atoms with E-state index in [4.69, 9.17) is 0 Å². The van der Waals surface area contributed by atoms with Gasteiger partial charge < -0.3 is 9.80 Å². The van der Waals surface area contributed by atoms with Crippen LogP contribution in [0.25, 0.3) is 43.8 Å². The summed E-state index contributed by atoms with van der Waals surface area (Å²) in [5.74, 6) is 0. The Kier molecular flexibility index (Phi) is 8.92. The monoisotopic (exact) mass is 828 g/mol. The predicted octanol–water partition coefficient (Wildman–Crippen LogP) is 17.4. The van der Waals surface area contributed by atoms with Crippen molar-refractivity contribution in [3.8, 4) is 22.3 Å².